The number of nitrogens with one attached hydrogen (secondary N) is 1. The van der Waals surface area contributed by atoms with Crippen molar-refractivity contribution in [1.29, 1.82) is 0 Å². The molecule has 1 heterocycles. The minimum absolute atomic E-state index is 0.000881. The molecule has 152 valence electrons. The van der Waals surface area contributed by atoms with E-state index in [0.717, 1.165) is 11.3 Å². The molecule has 1 aliphatic rings. The molecule has 1 N–H and O–H groups in total. The van der Waals surface area contributed by atoms with Crippen molar-refractivity contribution in [1.82, 2.24) is 0 Å². The van der Waals surface area contributed by atoms with Gasteiger partial charge in [0.2, 0.25) is 5.91 Å². The van der Waals surface area contributed by atoms with Gasteiger partial charge in [0.15, 0.2) is 0 Å². The lowest BCUT2D eigenvalue weighted by atomic mass is 10.1. The third kappa shape index (κ3) is 4.02. The van der Waals surface area contributed by atoms with Crippen LogP contribution >= 0.6 is 11.8 Å². The third-order valence-corrected chi connectivity index (χ3v) is 5.96. The molecule has 1 fully saturated rings. The van der Waals surface area contributed by atoms with E-state index in [2.05, 4.69) is 5.32 Å². The lowest BCUT2D eigenvalue weighted by molar-refractivity contribution is -0.115. The number of hydrogen-bond donors (Lipinski definition) is 1. The number of thioether (sulfide) groups is 1. The van der Waals surface area contributed by atoms with E-state index in [0.29, 0.717) is 17.2 Å². The first-order chi connectivity index (χ1) is 14.6. The normalized spacial score (nSPS) is 15.9. The maximum atomic E-state index is 13.9. The molecule has 4 rings (SSSR count). The summed E-state index contributed by atoms with van der Waals surface area (Å²) in [5.74, 6) is -0.0773. The number of amides is 2. The number of methoxy groups -OCH3 is 1. The average Bonchev–Trinajstić information content (AvgIpc) is 3.15. The third-order valence-electron chi connectivity index (χ3n) is 4.75. The summed E-state index contributed by atoms with van der Waals surface area (Å²) in [4.78, 5) is 26.8. The van der Waals surface area contributed by atoms with Crippen LogP contribution in [-0.4, -0.2) is 24.7 Å². The van der Waals surface area contributed by atoms with Gasteiger partial charge < -0.3 is 10.1 Å². The molecule has 3 aromatic rings. The fourth-order valence-electron chi connectivity index (χ4n) is 3.32. The summed E-state index contributed by atoms with van der Waals surface area (Å²) in [6.07, 6.45) is 0. The monoisotopic (exact) mass is 422 g/mol. The van der Waals surface area contributed by atoms with E-state index < -0.39 is 11.7 Å². The minimum Gasteiger partial charge on any atom is -0.497 e. The van der Waals surface area contributed by atoms with Crippen molar-refractivity contribution in [3.63, 3.8) is 0 Å². The fraction of sp³-hybridized carbons (Fsp3) is 0.130. The summed E-state index contributed by atoms with van der Waals surface area (Å²) in [6, 6.07) is 20.4. The number of anilines is 2. The van der Waals surface area contributed by atoms with E-state index >= 15 is 0 Å². The van der Waals surface area contributed by atoms with Gasteiger partial charge in [-0.2, -0.15) is 0 Å². The summed E-state index contributed by atoms with van der Waals surface area (Å²) in [7, 11) is 1.58. The number of rotatable bonds is 5. The van der Waals surface area contributed by atoms with E-state index in [1.165, 1.54) is 30.0 Å². The van der Waals surface area contributed by atoms with Gasteiger partial charge in [0.25, 0.3) is 5.91 Å². The molecule has 0 radical (unpaired) electrons. The summed E-state index contributed by atoms with van der Waals surface area (Å²) in [6.45, 7) is 0. The van der Waals surface area contributed by atoms with Gasteiger partial charge in [0.05, 0.1) is 18.4 Å². The van der Waals surface area contributed by atoms with Crippen molar-refractivity contribution < 1.29 is 18.7 Å². The smallest absolute Gasteiger partial charge is 0.258 e. The molecule has 0 aromatic heterocycles. The largest absolute Gasteiger partial charge is 0.497 e. The van der Waals surface area contributed by atoms with E-state index in [1.54, 1.807) is 30.2 Å². The molecular formula is C23H19FN2O3S. The molecule has 30 heavy (non-hydrogen) atoms. The fourth-order valence-corrected chi connectivity index (χ4v) is 4.49. The summed E-state index contributed by atoms with van der Waals surface area (Å²) < 4.78 is 19.2. The zero-order valence-corrected chi connectivity index (χ0v) is 17.0. The van der Waals surface area contributed by atoms with Crippen LogP contribution in [0.1, 0.15) is 21.3 Å². The van der Waals surface area contributed by atoms with Gasteiger partial charge in [0, 0.05) is 17.4 Å². The Labute approximate surface area is 177 Å². The number of ether oxygens (including phenoxy) is 1. The molecule has 0 aliphatic carbocycles. The van der Waals surface area contributed by atoms with Crippen LogP contribution < -0.4 is 15.0 Å². The Hall–Kier alpha value is -3.32. The van der Waals surface area contributed by atoms with Gasteiger partial charge in [-0.15, -0.1) is 11.8 Å². The highest BCUT2D eigenvalue weighted by Gasteiger charge is 2.34. The summed E-state index contributed by atoms with van der Waals surface area (Å²) in [5.41, 5.74) is 2.12. The minimum atomic E-state index is -0.577. The van der Waals surface area contributed by atoms with E-state index in [1.807, 2.05) is 36.4 Å². The topological polar surface area (TPSA) is 58.6 Å². The zero-order valence-electron chi connectivity index (χ0n) is 16.2. The number of nitrogens with zero attached hydrogens (tertiary/aromatic N) is 1. The average molecular weight is 422 g/mol. The van der Waals surface area contributed by atoms with Gasteiger partial charge in [-0.25, -0.2) is 4.39 Å². The highest BCUT2D eigenvalue weighted by molar-refractivity contribution is 8.00. The maximum absolute atomic E-state index is 13.9. The Balaban J connectivity index is 1.60. The Bertz CT molecular complexity index is 1110. The second-order valence-electron chi connectivity index (χ2n) is 6.69. The van der Waals surface area contributed by atoms with Crippen molar-refractivity contribution in [3.8, 4) is 5.75 Å². The first-order valence-electron chi connectivity index (χ1n) is 9.30. The standard InChI is InChI=1S/C23H19FN2O3S/c1-29-18-9-5-8-17(13-18)26-21(27)14-30-23(26)15-6-4-7-16(12-15)25-22(28)19-10-2-3-11-20(19)24/h2-13,23H,14H2,1H3,(H,25,28)/t23-/m1/s1. The predicted octanol–water partition coefficient (Wildman–Crippen LogP) is 4.87. The van der Waals surface area contributed by atoms with Crippen molar-refractivity contribution in [3.05, 3.63) is 89.7 Å². The van der Waals surface area contributed by atoms with Crippen LogP contribution in [0.3, 0.4) is 0 Å². The Kier molecular flexibility index (Phi) is 5.72. The zero-order chi connectivity index (χ0) is 21.1. The van der Waals surface area contributed by atoms with Crippen molar-refractivity contribution in [2.75, 3.05) is 23.1 Å². The molecule has 5 nitrogen and oxygen atoms in total. The van der Waals surface area contributed by atoms with Crippen molar-refractivity contribution in [2.24, 2.45) is 0 Å². The van der Waals surface area contributed by atoms with Crippen LogP contribution in [0.15, 0.2) is 72.8 Å². The maximum Gasteiger partial charge on any atom is 0.258 e. The Morgan fingerprint density at radius 1 is 1.10 bits per heavy atom. The molecule has 0 spiro atoms. The van der Waals surface area contributed by atoms with Crippen molar-refractivity contribution >= 4 is 35.0 Å². The second-order valence-corrected chi connectivity index (χ2v) is 7.76. The molecular weight excluding hydrogens is 403 g/mol. The van der Waals surface area contributed by atoms with Crippen LogP contribution in [0, 0.1) is 5.82 Å². The van der Waals surface area contributed by atoms with E-state index in [-0.39, 0.29) is 16.8 Å². The molecule has 0 bridgehead atoms. The Morgan fingerprint density at radius 2 is 1.90 bits per heavy atom. The lowest BCUT2D eigenvalue weighted by Gasteiger charge is -2.25. The van der Waals surface area contributed by atoms with Crippen LogP contribution in [0.5, 0.6) is 5.75 Å². The molecule has 1 saturated heterocycles. The van der Waals surface area contributed by atoms with Gasteiger partial charge >= 0.3 is 0 Å². The summed E-state index contributed by atoms with van der Waals surface area (Å²) >= 11 is 1.51. The molecule has 3 aromatic carbocycles. The molecule has 2 amide bonds. The second kappa shape index (κ2) is 8.59. The van der Waals surface area contributed by atoms with E-state index in [9.17, 15) is 14.0 Å². The predicted molar refractivity (Wildman–Crippen MR) is 116 cm³/mol. The quantitative estimate of drug-likeness (QED) is 0.638. The highest BCUT2D eigenvalue weighted by Crippen LogP contribution is 2.42. The number of hydrogen-bond acceptors (Lipinski definition) is 4. The molecule has 1 aliphatic heterocycles. The number of halogens is 1. The van der Waals surface area contributed by atoms with Crippen molar-refractivity contribution in [2.45, 2.75) is 5.37 Å². The lowest BCUT2D eigenvalue weighted by Crippen LogP contribution is -2.27. The van der Waals surface area contributed by atoms with Crippen LogP contribution in [0.25, 0.3) is 0 Å². The van der Waals surface area contributed by atoms with E-state index in [4.69, 9.17) is 4.74 Å². The Morgan fingerprint density at radius 3 is 2.70 bits per heavy atom. The molecule has 0 saturated carbocycles. The van der Waals surface area contributed by atoms with Gasteiger partial charge in [-0.05, 0) is 42.0 Å². The number of carbonyl (C=O) groups excluding carboxylic acids is 2. The molecule has 1 atom stereocenters. The summed E-state index contributed by atoms with van der Waals surface area (Å²) in [5, 5.41) is 2.49. The number of carbonyl (C=O) groups is 2. The highest BCUT2D eigenvalue weighted by atomic mass is 32.2. The molecule has 7 heteroatoms. The SMILES string of the molecule is COc1cccc(N2C(=O)CS[C@@H]2c2cccc(NC(=O)c3ccccc3F)c2)c1. The first kappa shape index (κ1) is 20.0. The van der Waals surface area contributed by atoms with Crippen LogP contribution in [-0.2, 0) is 4.79 Å². The first-order valence-corrected chi connectivity index (χ1v) is 10.4. The van der Waals surface area contributed by atoms with Gasteiger partial charge in [0.1, 0.15) is 16.9 Å². The van der Waals surface area contributed by atoms with Gasteiger partial charge in [-0.1, -0.05) is 30.3 Å². The van der Waals surface area contributed by atoms with Crippen LogP contribution in [0.2, 0.25) is 0 Å². The molecule has 0 unspecified atom stereocenters. The van der Waals surface area contributed by atoms with Gasteiger partial charge in [-0.3, -0.25) is 14.5 Å². The number of benzene rings is 3. The van der Waals surface area contributed by atoms with Crippen LogP contribution in [0.4, 0.5) is 15.8 Å².